The van der Waals surface area contributed by atoms with Gasteiger partial charge in [-0.15, -0.1) is 0 Å². The van der Waals surface area contributed by atoms with E-state index in [1.54, 1.807) is 4.90 Å². The van der Waals surface area contributed by atoms with Crippen LogP contribution in [0, 0.1) is 5.41 Å². The van der Waals surface area contributed by atoms with Crippen LogP contribution in [0.1, 0.15) is 29.8 Å². The maximum absolute atomic E-state index is 12.5. The lowest BCUT2D eigenvalue weighted by Crippen LogP contribution is -2.47. The van der Waals surface area contributed by atoms with Crippen molar-refractivity contribution in [3.8, 4) is 0 Å². The third kappa shape index (κ3) is 2.98. The fourth-order valence-corrected chi connectivity index (χ4v) is 4.39. The molecule has 0 N–H and O–H groups in total. The second-order valence-corrected chi connectivity index (χ2v) is 8.25. The monoisotopic (exact) mass is 324 g/mol. The van der Waals surface area contributed by atoms with Crippen molar-refractivity contribution in [3.63, 3.8) is 0 Å². The molecule has 1 aromatic rings. The van der Waals surface area contributed by atoms with Gasteiger partial charge in [-0.1, -0.05) is 0 Å². The summed E-state index contributed by atoms with van der Waals surface area (Å²) in [6.07, 6.45) is 8.43. The summed E-state index contributed by atoms with van der Waals surface area (Å²) in [5.74, 6) is -0.120. The van der Waals surface area contributed by atoms with Crippen LogP contribution in [0.4, 0.5) is 0 Å². The largest absolute Gasteiger partial charge is 0.337 e. The topological polar surface area (TPSA) is 83.5 Å². The molecule has 0 radical (unpaired) electrons. The molecule has 1 atom stereocenters. The van der Waals surface area contributed by atoms with E-state index >= 15 is 0 Å². The van der Waals surface area contributed by atoms with Gasteiger partial charge in [0.05, 0.1) is 12.5 Å². The number of piperidine rings is 1. The smallest absolute Gasteiger partial charge is 0.274 e. The first-order chi connectivity index (χ1) is 10.4. The average Bonchev–Trinajstić information content (AvgIpc) is 2.91. The highest BCUT2D eigenvalue weighted by Crippen LogP contribution is 2.40. The number of amides is 1. The van der Waals surface area contributed by atoms with Crippen molar-refractivity contribution in [3.05, 3.63) is 24.3 Å². The SMILES string of the molecule is CS(=O)(=O)N1CC[C@]2(CCCN(C(=O)c3cnccn3)C2)C1. The average molecular weight is 324 g/mol. The molecule has 0 aromatic carbocycles. The minimum absolute atomic E-state index is 0.112. The van der Waals surface area contributed by atoms with Gasteiger partial charge in [-0.2, -0.15) is 0 Å². The Labute approximate surface area is 130 Å². The lowest BCUT2D eigenvalue weighted by atomic mass is 9.79. The second-order valence-electron chi connectivity index (χ2n) is 6.27. The van der Waals surface area contributed by atoms with Crippen molar-refractivity contribution in [2.75, 3.05) is 32.4 Å². The Morgan fingerprint density at radius 1 is 1.23 bits per heavy atom. The summed E-state index contributed by atoms with van der Waals surface area (Å²) >= 11 is 0. The molecule has 2 aliphatic rings. The molecule has 22 heavy (non-hydrogen) atoms. The number of carbonyl (C=O) groups excluding carboxylic acids is 1. The third-order valence-electron chi connectivity index (χ3n) is 4.60. The fourth-order valence-electron chi connectivity index (χ4n) is 3.46. The highest BCUT2D eigenvalue weighted by Gasteiger charge is 2.44. The molecule has 1 amide bonds. The standard InChI is InChI=1S/C14H20N4O3S/c1-22(20,21)18-8-4-14(11-18)3-2-7-17(10-14)13(19)12-9-15-5-6-16-12/h5-6,9H,2-4,7-8,10-11H2,1H3/t14-/m0/s1. The third-order valence-corrected chi connectivity index (χ3v) is 5.85. The van der Waals surface area contributed by atoms with Crippen molar-refractivity contribution in [2.24, 2.45) is 5.41 Å². The van der Waals surface area contributed by atoms with E-state index in [2.05, 4.69) is 9.97 Å². The molecule has 2 fully saturated rings. The molecular formula is C14H20N4O3S. The maximum Gasteiger partial charge on any atom is 0.274 e. The summed E-state index contributed by atoms with van der Waals surface area (Å²) < 4.78 is 25.0. The summed E-state index contributed by atoms with van der Waals surface area (Å²) in [5, 5.41) is 0. The van der Waals surface area contributed by atoms with E-state index in [1.807, 2.05) is 0 Å². The highest BCUT2D eigenvalue weighted by atomic mass is 32.2. The van der Waals surface area contributed by atoms with Crippen molar-refractivity contribution < 1.29 is 13.2 Å². The Morgan fingerprint density at radius 2 is 2.05 bits per heavy atom. The van der Waals surface area contributed by atoms with Crippen LogP contribution in [-0.2, 0) is 10.0 Å². The number of likely N-dealkylation sites (tertiary alicyclic amines) is 1. The number of hydrogen-bond donors (Lipinski definition) is 0. The van der Waals surface area contributed by atoms with Crippen molar-refractivity contribution >= 4 is 15.9 Å². The van der Waals surface area contributed by atoms with Gasteiger partial charge < -0.3 is 4.90 Å². The van der Waals surface area contributed by atoms with Gasteiger partial charge in [0, 0.05) is 44.0 Å². The molecule has 1 aromatic heterocycles. The summed E-state index contributed by atoms with van der Waals surface area (Å²) in [7, 11) is -3.16. The number of aromatic nitrogens is 2. The van der Waals surface area contributed by atoms with Gasteiger partial charge >= 0.3 is 0 Å². The normalized spacial score (nSPS) is 26.5. The zero-order valence-corrected chi connectivity index (χ0v) is 13.4. The summed E-state index contributed by atoms with van der Waals surface area (Å²) in [6, 6.07) is 0. The number of hydrogen-bond acceptors (Lipinski definition) is 5. The van der Waals surface area contributed by atoms with Gasteiger partial charge in [0.15, 0.2) is 0 Å². The lowest BCUT2D eigenvalue weighted by molar-refractivity contribution is 0.0537. The van der Waals surface area contributed by atoms with Crippen LogP contribution in [0.2, 0.25) is 0 Å². The Hall–Kier alpha value is -1.54. The van der Waals surface area contributed by atoms with Crippen LogP contribution in [0.25, 0.3) is 0 Å². The summed E-state index contributed by atoms with van der Waals surface area (Å²) in [6.45, 7) is 2.34. The van der Waals surface area contributed by atoms with Crippen molar-refractivity contribution in [2.45, 2.75) is 19.3 Å². The van der Waals surface area contributed by atoms with E-state index in [0.717, 1.165) is 19.3 Å². The van der Waals surface area contributed by atoms with Crippen molar-refractivity contribution in [1.82, 2.24) is 19.2 Å². The molecule has 2 aliphatic heterocycles. The van der Waals surface area contributed by atoms with Crippen LogP contribution in [0.5, 0.6) is 0 Å². The van der Waals surface area contributed by atoms with Gasteiger partial charge in [-0.05, 0) is 19.3 Å². The molecule has 8 heteroatoms. The van der Waals surface area contributed by atoms with E-state index in [4.69, 9.17) is 0 Å². The quantitative estimate of drug-likeness (QED) is 0.784. The van der Waals surface area contributed by atoms with Gasteiger partial charge in [0.1, 0.15) is 5.69 Å². The fraction of sp³-hybridized carbons (Fsp3) is 0.643. The second kappa shape index (κ2) is 5.58. The van der Waals surface area contributed by atoms with E-state index in [0.29, 0.717) is 31.9 Å². The number of carbonyl (C=O) groups is 1. The number of rotatable bonds is 2. The first-order valence-electron chi connectivity index (χ1n) is 7.40. The summed E-state index contributed by atoms with van der Waals surface area (Å²) in [4.78, 5) is 22.3. The van der Waals surface area contributed by atoms with Crippen LogP contribution < -0.4 is 0 Å². The van der Waals surface area contributed by atoms with Crippen LogP contribution in [0.15, 0.2) is 18.6 Å². The molecule has 120 valence electrons. The molecule has 3 heterocycles. The molecule has 3 rings (SSSR count). The highest BCUT2D eigenvalue weighted by molar-refractivity contribution is 7.88. The molecule has 2 saturated heterocycles. The Morgan fingerprint density at radius 3 is 2.68 bits per heavy atom. The van der Waals surface area contributed by atoms with Crippen molar-refractivity contribution in [1.29, 1.82) is 0 Å². The summed E-state index contributed by atoms with van der Waals surface area (Å²) in [5.41, 5.74) is 0.233. The maximum atomic E-state index is 12.5. The van der Waals surface area contributed by atoms with Crippen LogP contribution >= 0.6 is 0 Å². The van der Waals surface area contributed by atoms with E-state index in [9.17, 15) is 13.2 Å². The lowest BCUT2D eigenvalue weighted by Gasteiger charge is -2.40. The minimum atomic E-state index is -3.16. The van der Waals surface area contributed by atoms with Crippen LogP contribution in [0.3, 0.4) is 0 Å². The molecule has 0 unspecified atom stereocenters. The predicted molar refractivity (Wildman–Crippen MR) is 80.6 cm³/mol. The molecule has 0 saturated carbocycles. The molecule has 0 aliphatic carbocycles. The Bertz CT molecular complexity index is 664. The Balaban J connectivity index is 1.74. The zero-order valence-electron chi connectivity index (χ0n) is 12.6. The molecule has 0 bridgehead atoms. The molecule has 1 spiro atoms. The number of sulfonamides is 1. The molecule has 7 nitrogen and oxygen atoms in total. The van der Waals surface area contributed by atoms with E-state index < -0.39 is 10.0 Å². The van der Waals surface area contributed by atoms with E-state index in [1.165, 1.54) is 29.2 Å². The zero-order chi connectivity index (χ0) is 15.8. The van der Waals surface area contributed by atoms with Crippen LogP contribution in [-0.4, -0.2) is 65.9 Å². The van der Waals surface area contributed by atoms with E-state index in [-0.39, 0.29) is 11.3 Å². The van der Waals surface area contributed by atoms with Gasteiger partial charge in [-0.25, -0.2) is 17.7 Å². The van der Waals surface area contributed by atoms with Gasteiger partial charge in [0.25, 0.3) is 5.91 Å². The molecular weight excluding hydrogens is 304 g/mol. The minimum Gasteiger partial charge on any atom is -0.337 e. The first-order valence-corrected chi connectivity index (χ1v) is 9.25. The Kier molecular flexibility index (Phi) is 3.90. The number of nitrogens with zero attached hydrogens (tertiary/aromatic N) is 4. The van der Waals surface area contributed by atoms with Gasteiger partial charge in [-0.3, -0.25) is 9.78 Å². The first kappa shape index (κ1) is 15.4. The van der Waals surface area contributed by atoms with Gasteiger partial charge in [0.2, 0.25) is 10.0 Å². The predicted octanol–water partition coefficient (Wildman–Crippen LogP) is 0.364.